The van der Waals surface area contributed by atoms with Gasteiger partial charge in [0.15, 0.2) is 17.3 Å². The highest BCUT2D eigenvalue weighted by atomic mass is 16.5. The van der Waals surface area contributed by atoms with Crippen LogP contribution in [0, 0.1) is 0 Å². The molecule has 0 saturated heterocycles. The predicted octanol–water partition coefficient (Wildman–Crippen LogP) is 4.25. The van der Waals surface area contributed by atoms with Crippen LogP contribution < -0.4 is 18.9 Å². The van der Waals surface area contributed by atoms with E-state index in [9.17, 15) is 4.79 Å². The number of ether oxygens (including phenoxy) is 4. The van der Waals surface area contributed by atoms with Gasteiger partial charge in [-0.25, -0.2) is 0 Å². The number of fused-ring (bicyclic) bond motifs is 1. The number of Topliss-reactive ketones (excluding diaryl/α,β-unsaturated/α-hetero) is 1. The minimum Gasteiger partial charge on any atom is -0.493 e. The van der Waals surface area contributed by atoms with Crippen LogP contribution in [0.5, 0.6) is 23.0 Å². The van der Waals surface area contributed by atoms with Crippen molar-refractivity contribution in [1.29, 1.82) is 0 Å². The van der Waals surface area contributed by atoms with Gasteiger partial charge in [0.25, 0.3) is 0 Å². The van der Waals surface area contributed by atoms with Gasteiger partial charge in [-0.3, -0.25) is 4.79 Å². The number of methoxy groups -OCH3 is 2. The van der Waals surface area contributed by atoms with Gasteiger partial charge in [0.2, 0.25) is 5.78 Å². The number of hydrogen-bond acceptors (Lipinski definition) is 6. The van der Waals surface area contributed by atoms with Crippen molar-refractivity contribution in [2.45, 2.75) is 25.7 Å². The summed E-state index contributed by atoms with van der Waals surface area (Å²) in [5.74, 6) is 2.47. The SMILES string of the molecule is COc1ccc(/C=C2\Oc3cc(OCCCCCCO)ccc3C2=O)cc1OC. The molecule has 0 radical (unpaired) electrons. The van der Waals surface area contributed by atoms with Crippen LogP contribution in [0.25, 0.3) is 6.08 Å². The van der Waals surface area contributed by atoms with Gasteiger partial charge in [-0.2, -0.15) is 0 Å². The molecule has 2 aromatic carbocycles. The molecule has 3 rings (SSSR count). The molecule has 0 atom stereocenters. The minimum atomic E-state index is -0.162. The molecular weight excluding hydrogens is 372 g/mol. The van der Waals surface area contributed by atoms with E-state index in [2.05, 4.69) is 0 Å². The number of rotatable bonds is 10. The molecule has 154 valence electrons. The molecule has 0 fully saturated rings. The fourth-order valence-corrected chi connectivity index (χ4v) is 3.11. The summed E-state index contributed by atoms with van der Waals surface area (Å²) in [6.45, 7) is 0.822. The highest BCUT2D eigenvalue weighted by Crippen LogP contribution is 2.36. The van der Waals surface area contributed by atoms with Crippen molar-refractivity contribution in [2.24, 2.45) is 0 Å². The Morgan fingerprint density at radius 2 is 1.76 bits per heavy atom. The summed E-state index contributed by atoms with van der Waals surface area (Å²) in [4.78, 5) is 12.6. The first kappa shape index (κ1) is 20.7. The Morgan fingerprint density at radius 1 is 0.966 bits per heavy atom. The Labute approximate surface area is 170 Å². The Hall–Kier alpha value is -2.99. The van der Waals surface area contributed by atoms with Crippen molar-refractivity contribution in [2.75, 3.05) is 27.4 Å². The van der Waals surface area contributed by atoms with Gasteiger partial charge in [-0.05, 0) is 55.2 Å². The molecule has 1 aliphatic heterocycles. The van der Waals surface area contributed by atoms with E-state index >= 15 is 0 Å². The number of unbranched alkanes of at least 4 members (excludes halogenated alkanes) is 3. The average Bonchev–Trinajstić information content (AvgIpc) is 3.05. The third kappa shape index (κ3) is 5.09. The lowest BCUT2D eigenvalue weighted by atomic mass is 10.1. The number of benzene rings is 2. The fraction of sp³-hybridized carbons (Fsp3) is 0.348. The predicted molar refractivity (Wildman–Crippen MR) is 110 cm³/mol. The van der Waals surface area contributed by atoms with Gasteiger partial charge in [-0.1, -0.05) is 12.5 Å². The molecule has 0 spiro atoms. The first-order chi connectivity index (χ1) is 14.2. The molecule has 0 saturated carbocycles. The van der Waals surface area contributed by atoms with Crippen LogP contribution in [-0.2, 0) is 0 Å². The second-order valence-electron chi connectivity index (χ2n) is 6.70. The smallest absolute Gasteiger partial charge is 0.231 e. The molecule has 1 aliphatic rings. The van der Waals surface area contributed by atoms with E-state index in [-0.39, 0.29) is 18.1 Å². The Morgan fingerprint density at radius 3 is 2.52 bits per heavy atom. The fourth-order valence-electron chi connectivity index (χ4n) is 3.11. The van der Waals surface area contributed by atoms with Crippen molar-refractivity contribution < 1.29 is 28.8 Å². The van der Waals surface area contributed by atoms with Crippen molar-refractivity contribution >= 4 is 11.9 Å². The highest BCUT2D eigenvalue weighted by molar-refractivity contribution is 6.14. The molecule has 0 unspecified atom stereocenters. The van der Waals surface area contributed by atoms with E-state index in [1.165, 1.54) is 0 Å². The average molecular weight is 398 g/mol. The van der Waals surface area contributed by atoms with E-state index in [4.69, 9.17) is 24.1 Å². The molecule has 29 heavy (non-hydrogen) atoms. The summed E-state index contributed by atoms with van der Waals surface area (Å²) in [6.07, 6.45) is 5.43. The number of carbonyl (C=O) groups is 1. The maximum atomic E-state index is 12.6. The van der Waals surface area contributed by atoms with Gasteiger partial charge < -0.3 is 24.1 Å². The van der Waals surface area contributed by atoms with Crippen LogP contribution in [0.1, 0.15) is 41.6 Å². The third-order valence-corrected chi connectivity index (χ3v) is 4.67. The maximum Gasteiger partial charge on any atom is 0.231 e. The van der Waals surface area contributed by atoms with Crippen LogP contribution in [-0.4, -0.2) is 38.3 Å². The lowest BCUT2D eigenvalue weighted by molar-refractivity contribution is 0.101. The van der Waals surface area contributed by atoms with Crippen molar-refractivity contribution in [3.05, 3.63) is 53.3 Å². The van der Waals surface area contributed by atoms with Crippen molar-refractivity contribution in [3.63, 3.8) is 0 Å². The molecule has 0 aromatic heterocycles. The Bertz CT molecular complexity index is 887. The van der Waals surface area contributed by atoms with Gasteiger partial charge in [0, 0.05) is 12.7 Å². The van der Waals surface area contributed by atoms with Gasteiger partial charge in [-0.15, -0.1) is 0 Å². The normalized spacial score (nSPS) is 13.9. The lowest BCUT2D eigenvalue weighted by Crippen LogP contribution is -1.98. The number of aliphatic hydroxyl groups is 1. The summed E-state index contributed by atoms with van der Waals surface area (Å²) < 4.78 is 22.1. The summed E-state index contributed by atoms with van der Waals surface area (Å²) in [5, 5.41) is 8.79. The first-order valence-corrected chi connectivity index (χ1v) is 9.70. The first-order valence-electron chi connectivity index (χ1n) is 9.70. The maximum absolute atomic E-state index is 12.6. The molecule has 6 heteroatoms. The third-order valence-electron chi connectivity index (χ3n) is 4.67. The Kier molecular flexibility index (Phi) is 7.14. The zero-order valence-corrected chi connectivity index (χ0v) is 16.8. The van der Waals surface area contributed by atoms with Crippen molar-refractivity contribution in [3.8, 4) is 23.0 Å². The molecule has 0 amide bonds. The van der Waals surface area contributed by atoms with Crippen LogP contribution in [0.3, 0.4) is 0 Å². The number of allylic oxidation sites excluding steroid dienone is 1. The van der Waals surface area contributed by atoms with Gasteiger partial charge >= 0.3 is 0 Å². The standard InChI is InChI=1S/C23H26O6/c1-26-19-10-7-16(13-21(19)27-2)14-22-23(25)18-9-8-17(15-20(18)29-22)28-12-6-4-3-5-11-24/h7-10,13-15,24H,3-6,11-12H2,1-2H3/b22-14-. The van der Waals surface area contributed by atoms with Crippen LogP contribution in [0.2, 0.25) is 0 Å². The lowest BCUT2D eigenvalue weighted by Gasteiger charge is -2.08. The summed E-state index contributed by atoms with van der Waals surface area (Å²) in [5.41, 5.74) is 1.30. The molecule has 2 aromatic rings. The van der Waals surface area contributed by atoms with E-state index < -0.39 is 0 Å². The monoisotopic (exact) mass is 398 g/mol. The second kappa shape index (κ2) is 9.98. The summed E-state index contributed by atoms with van der Waals surface area (Å²) >= 11 is 0. The molecule has 0 bridgehead atoms. The number of carbonyl (C=O) groups excluding carboxylic acids is 1. The molecule has 6 nitrogen and oxygen atoms in total. The Balaban J connectivity index is 1.66. The second-order valence-corrected chi connectivity index (χ2v) is 6.70. The minimum absolute atomic E-state index is 0.162. The van der Waals surface area contributed by atoms with Crippen LogP contribution in [0.4, 0.5) is 0 Å². The molecular formula is C23H26O6. The summed E-state index contributed by atoms with van der Waals surface area (Å²) in [6, 6.07) is 10.7. The van der Waals surface area contributed by atoms with Crippen LogP contribution >= 0.6 is 0 Å². The van der Waals surface area contributed by atoms with Gasteiger partial charge in [0.05, 0.1) is 26.4 Å². The molecule has 0 aliphatic carbocycles. The number of aliphatic hydroxyl groups excluding tert-OH is 1. The largest absolute Gasteiger partial charge is 0.493 e. The zero-order valence-electron chi connectivity index (χ0n) is 16.8. The highest BCUT2D eigenvalue weighted by Gasteiger charge is 2.27. The zero-order chi connectivity index (χ0) is 20.6. The van der Waals surface area contributed by atoms with Gasteiger partial charge in [0.1, 0.15) is 11.5 Å². The van der Waals surface area contributed by atoms with E-state index in [0.29, 0.717) is 35.2 Å². The van der Waals surface area contributed by atoms with E-state index in [1.54, 1.807) is 50.6 Å². The molecule has 1 heterocycles. The molecule has 1 N–H and O–H groups in total. The van der Waals surface area contributed by atoms with E-state index in [1.807, 2.05) is 6.07 Å². The summed E-state index contributed by atoms with van der Waals surface area (Å²) in [7, 11) is 3.14. The topological polar surface area (TPSA) is 74.2 Å². The van der Waals surface area contributed by atoms with Crippen LogP contribution in [0.15, 0.2) is 42.2 Å². The quantitative estimate of drug-likeness (QED) is 0.476. The van der Waals surface area contributed by atoms with Crippen molar-refractivity contribution in [1.82, 2.24) is 0 Å². The number of ketones is 1. The number of hydrogen-bond donors (Lipinski definition) is 1. The van der Waals surface area contributed by atoms with E-state index in [0.717, 1.165) is 31.2 Å².